The maximum absolute atomic E-state index is 12.0. The minimum atomic E-state index is -0.497. The number of non-ortho nitro benzene ring substituents is 1. The number of anilines is 1. The van der Waals surface area contributed by atoms with Gasteiger partial charge in [-0.15, -0.1) is 16.9 Å². The van der Waals surface area contributed by atoms with Crippen molar-refractivity contribution in [3.05, 3.63) is 70.3 Å². The predicted molar refractivity (Wildman–Crippen MR) is 102 cm³/mol. The number of carbonyl (C=O) groups is 1. The van der Waals surface area contributed by atoms with E-state index >= 15 is 0 Å². The Morgan fingerprint density at radius 1 is 1.22 bits per heavy atom. The summed E-state index contributed by atoms with van der Waals surface area (Å²) < 4.78 is 5.43. The van der Waals surface area contributed by atoms with Crippen LogP contribution in [-0.2, 0) is 4.79 Å². The summed E-state index contributed by atoms with van der Waals surface area (Å²) in [5.74, 6) is -0.199. The fraction of sp³-hybridized carbons (Fsp3) is 0.0556. The van der Waals surface area contributed by atoms with Crippen LogP contribution in [0.2, 0.25) is 0 Å². The van der Waals surface area contributed by atoms with Crippen LogP contribution in [0.25, 0.3) is 17.5 Å². The number of aromatic nitrogens is 2. The van der Waals surface area contributed by atoms with E-state index < -0.39 is 10.8 Å². The first-order chi connectivity index (χ1) is 13.0. The van der Waals surface area contributed by atoms with Gasteiger partial charge in [-0.3, -0.25) is 20.2 Å². The number of thioether (sulfide) groups is 1. The van der Waals surface area contributed by atoms with Crippen molar-refractivity contribution in [1.29, 1.82) is 0 Å². The molecular weight excluding hydrogens is 368 g/mol. The van der Waals surface area contributed by atoms with Crippen LogP contribution in [0.1, 0.15) is 5.56 Å². The topological polar surface area (TPSA) is 111 Å². The third-order valence-corrected chi connectivity index (χ3v) is 4.24. The molecule has 1 aromatic heterocycles. The fourth-order valence-electron chi connectivity index (χ4n) is 2.18. The van der Waals surface area contributed by atoms with E-state index in [0.717, 1.165) is 10.5 Å². The molecule has 27 heavy (non-hydrogen) atoms. The van der Waals surface area contributed by atoms with Crippen molar-refractivity contribution in [2.24, 2.45) is 0 Å². The third-order valence-electron chi connectivity index (χ3n) is 3.50. The van der Waals surface area contributed by atoms with Crippen molar-refractivity contribution in [2.45, 2.75) is 4.90 Å². The summed E-state index contributed by atoms with van der Waals surface area (Å²) in [6.07, 6.45) is 4.67. The maximum Gasteiger partial charge on any atom is 0.322 e. The smallest absolute Gasteiger partial charge is 0.322 e. The van der Waals surface area contributed by atoms with Crippen LogP contribution in [0.5, 0.6) is 0 Å². The molecule has 3 aromatic rings. The number of hydrogen-bond donors (Lipinski definition) is 1. The maximum atomic E-state index is 12.0. The van der Waals surface area contributed by atoms with Crippen molar-refractivity contribution in [2.75, 3.05) is 11.6 Å². The molecule has 9 heteroatoms. The zero-order chi connectivity index (χ0) is 19.2. The van der Waals surface area contributed by atoms with Gasteiger partial charge in [0.25, 0.3) is 11.6 Å². The Kier molecular flexibility index (Phi) is 5.62. The molecular formula is C18H14N4O4S. The third kappa shape index (κ3) is 4.79. The average Bonchev–Trinajstić information content (AvgIpc) is 3.15. The number of nitrogens with one attached hydrogen (secondary N) is 1. The number of nitro groups is 1. The highest BCUT2D eigenvalue weighted by Crippen LogP contribution is 2.23. The van der Waals surface area contributed by atoms with Crippen molar-refractivity contribution in [1.82, 2.24) is 10.2 Å². The highest BCUT2D eigenvalue weighted by Gasteiger charge is 2.10. The Hall–Kier alpha value is -3.46. The molecule has 136 valence electrons. The monoisotopic (exact) mass is 382 g/mol. The van der Waals surface area contributed by atoms with E-state index in [-0.39, 0.29) is 11.7 Å². The summed E-state index contributed by atoms with van der Waals surface area (Å²) in [6, 6.07) is 13.5. The molecule has 0 unspecified atom stereocenters. The van der Waals surface area contributed by atoms with E-state index in [1.165, 1.54) is 24.3 Å². The van der Waals surface area contributed by atoms with Gasteiger partial charge >= 0.3 is 6.01 Å². The van der Waals surface area contributed by atoms with Crippen molar-refractivity contribution < 1.29 is 14.1 Å². The van der Waals surface area contributed by atoms with Gasteiger partial charge < -0.3 is 4.42 Å². The Morgan fingerprint density at radius 2 is 2.00 bits per heavy atom. The number of hydrogen-bond acceptors (Lipinski definition) is 7. The van der Waals surface area contributed by atoms with E-state index in [4.69, 9.17) is 4.42 Å². The summed E-state index contributed by atoms with van der Waals surface area (Å²) in [6.45, 7) is 0. The van der Waals surface area contributed by atoms with Crippen LogP contribution in [0.4, 0.5) is 11.7 Å². The lowest BCUT2D eigenvalue weighted by atomic mass is 10.2. The van der Waals surface area contributed by atoms with Gasteiger partial charge in [0.15, 0.2) is 0 Å². The van der Waals surface area contributed by atoms with Crippen LogP contribution < -0.4 is 5.32 Å². The van der Waals surface area contributed by atoms with Crippen LogP contribution in [-0.4, -0.2) is 27.3 Å². The lowest BCUT2D eigenvalue weighted by molar-refractivity contribution is -0.384. The van der Waals surface area contributed by atoms with Crippen LogP contribution in [0.3, 0.4) is 0 Å². The summed E-state index contributed by atoms with van der Waals surface area (Å²) >= 11 is 1.62. The molecule has 1 heterocycles. The first kappa shape index (κ1) is 18.3. The second-order valence-electron chi connectivity index (χ2n) is 5.32. The molecule has 1 N–H and O–H groups in total. The number of nitrogens with zero attached hydrogens (tertiary/aromatic N) is 3. The van der Waals surface area contributed by atoms with Gasteiger partial charge in [0.1, 0.15) is 0 Å². The molecule has 0 aliphatic rings. The molecule has 0 saturated heterocycles. The predicted octanol–water partition coefficient (Wildman–Crippen LogP) is 4.02. The van der Waals surface area contributed by atoms with Crippen LogP contribution in [0, 0.1) is 10.1 Å². The van der Waals surface area contributed by atoms with Crippen molar-refractivity contribution >= 4 is 35.4 Å². The quantitative estimate of drug-likeness (QED) is 0.297. The summed E-state index contributed by atoms with van der Waals surface area (Å²) in [4.78, 5) is 23.3. The van der Waals surface area contributed by atoms with Gasteiger partial charge in [-0.25, -0.2) is 0 Å². The van der Waals surface area contributed by atoms with Gasteiger partial charge in [0, 0.05) is 28.7 Å². The van der Waals surface area contributed by atoms with Gasteiger partial charge in [-0.05, 0) is 42.2 Å². The molecule has 1 amide bonds. The summed E-state index contributed by atoms with van der Waals surface area (Å²) in [5.41, 5.74) is 1.22. The second kappa shape index (κ2) is 8.28. The van der Waals surface area contributed by atoms with Gasteiger partial charge in [0.05, 0.1) is 4.92 Å². The lowest BCUT2D eigenvalue weighted by Crippen LogP contribution is -2.07. The summed E-state index contributed by atoms with van der Waals surface area (Å²) in [5, 5.41) is 20.9. The largest absolute Gasteiger partial charge is 0.403 e. The Labute approximate surface area is 158 Å². The normalized spacial score (nSPS) is 10.9. The molecule has 2 aromatic carbocycles. The number of benzene rings is 2. The van der Waals surface area contributed by atoms with E-state index in [2.05, 4.69) is 15.5 Å². The Balaban J connectivity index is 1.65. The number of nitro benzene ring substituents is 1. The second-order valence-corrected chi connectivity index (χ2v) is 6.20. The lowest BCUT2D eigenvalue weighted by Gasteiger charge is -1.98. The molecule has 0 bridgehead atoms. The van der Waals surface area contributed by atoms with E-state index in [0.29, 0.717) is 11.5 Å². The molecule has 0 aliphatic carbocycles. The molecule has 0 saturated carbocycles. The zero-order valence-corrected chi connectivity index (χ0v) is 15.0. The molecule has 0 radical (unpaired) electrons. The SMILES string of the molecule is CSc1ccc(-c2nnc(NC(=O)C=Cc3cccc([N+](=O)[O-])c3)o2)cc1. The number of amides is 1. The van der Waals surface area contributed by atoms with Gasteiger partial charge in [-0.2, -0.15) is 0 Å². The standard InChI is InChI=1S/C18H14N4O4S/c1-27-15-8-6-13(7-9-15)17-20-21-18(26-17)19-16(23)10-5-12-3-2-4-14(11-12)22(24)25/h2-11H,1H3,(H,19,21,23). The minimum Gasteiger partial charge on any atom is -0.403 e. The van der Waals surface area contributed by atoms with Crippen LogP contribution >= 0.6 is 11.8 Å². The molecule has 0 fully saturated rings. The van der Waals surface area contributed by atoms with Gasteiger partial charge in [0.2, 0.25) is 5.89 Å². The summed E-state index contributed by atoms with van der Waals surface area (Å²) in [7, 11) is 0. The molecule has 3 rings (SSSR count). The zero-order valence-electron chi connectivity index (χ0n) is 14.2. The number of carbonyl (C=O) groups excluding carboxylic acids is 1. The molecule has 0 aliphatic heterocycles. The fourth-order valence-corrected chi connectivity index (χ4v) is 2.59. The van der Waals surface area contributed by atoms with E-state index in [1.54, 1.807) is 23.9 Å². The van der Waals surface area contributed by atoms with Crippen molar-refractivity contribution in [3.63, 3.8) is 0 Å². The molecule has 0 atom stereocenters. The van der Waals surface area contributed by atoms with Crippen molar-refractivity contribution in [3.8, 4) is 11.5 Å². The first-order valence-electron chi connectivity index (χ1n) is 7.76. The Bertz CT molecular complexity index is 999. The first-order valence-corrected chi connectivity index (χ1v) is 8.99. The van der Waals surface area contributed by atoms with Crippen LogP contribution in [0.15, 0.2) is 63.9 Å². The highest BCUT2D eigenvalue weighted by molar-refractivity contribution is 7.98. The highest BCUT2D eigenvalue weighted by atomic mass is 32.2. The van der Waals surface area contributed by atoms with E-state index in [9.17, 15) is 14.9 Å². The minimum absolute atomic E-state index is 0.0346. The van der Waals surface area contributed by atoms with Gasteiger partial charge in [-0.1, -0.05) is 17.2 Å². The molecule has 8 nitrogen and oxygen atoms in total. The van der Waals surface area contributed by atoms with E-state index in [1.807, 2.05) is 30.5 Å². The molecule has 0 spiro atoms. The number of rotatable bonds is 6. The average molecular weight is 382 g/mol. The Morgan fingerprint density at radius 3 is 2.70 bits per heavy atom.